The first-order chi connectivity index (χ1) is 11.1. The smallest absolute Gasteiger partial charge is 0.347 e. The second-order valence-corrected chi connectivity index (χ2v) is 4.61. The topological polar surface area (TPSA) is 119 Å². The van der Waals surface area contributed by atoms with Crippen LogP contribution in [0.25, 0.3) is 0 Å². The number of nitrogens with zero attached hydrogens (tertiary/aromatic N) is 3. The lowest BCUT2D eigenvalue weighted by Gasteiger charge is -2.08. The SMILES string of the molecule is O=C(Cn1cccnc1=O)NCCNc1ccc([N+](=O)[O-])cc1. The van der Waals surface area contributed by atoms with Crippen LogP contribution < -0.4 is 16.3 Å². The van der Waals surface area contributed by atoms with Crippen molar-refractivity contribution >= 4 is 17.3 Å². The fourth-order valence-electron chi connectivity index (χ4n) is 1.83. The monoisotopic (exact) mass is 317 g/mol. The molecule has 0 saturated heterocycles. The van der Waals surface area contributed by atoms with Crippen LogP contribution in [0.5, 0.6) is 0 Å². The molecule has 2 N–H and O–H groups in total. The molecule has 0 aliphatic carbocycles. The molecule has 0 atom stereocenters. The average Bonchev–Trinajstić information content (AvgIpc) is 2.54. The molecule has 0 aliphatic rings. The highest BCUT2D eigenvalue weighted by atomic mass is 16.6. The number of nitro groups is 1. The van der Waals surface area contributed by atoms with E-state index in [4.69, 9.17) is 0 Å². The number of anilines is 1. The number of nitrogens with one attached hydrogen (secondary N) is 2. The summed E-state index contributed by atoms with van der Waals surface area (Å²) in [6.45, 7) is 0.709. The Balaban J connectivity index is 1.72. The first-order valence-electron chi connectivity index (χ1n) is 6.83. The Hall–Kier alpha value is -3.23. The van der Waals surface area contributed by atoms with Gasteiger partial charge in [0.1, 0.15) is 6.54 Å². The van der Waals surface area contributed by atoms with Gasteiger partial charge in [-0.3, -0.25) is 19.5 Å². The van der Waals surface area contributed by atoms with Crippen molar-refractivity contribution in [1.29, 1.82) is 0 Å². The van der Waals surface area contributed by atoms with Crippen molar-refractivity contribution in [2.24, 2.45) is 0 Å². The number of carbonyl (C=O) groups is 1. The summed E-state index contributed by atoms with van der Waals surface area (Å²) in [7, 11) is 0. The number of non-ortho nitro benzene ring substituents is 1. The Labute approximate surface area is 131 Å². The summed E-state index contributed by atoms with van der Waals surface area (Å²) in [6, 6.07) is 7.56. The number of benzene rings is 1. The molecule has 2 rings (SSSR count). The van der Waals surface area contributed by atoms with Crippen molar-refractivity contribution in [3.8, 4) is 0 Å². The number of hydrogen-bond donors (Lipinski definition) is 2. The lowest BCUT2D eigenvalue weighted by Crippen LogP contribution is -2.35. The molecule has 1 amide bonds. The minimum absolute atomic E-state index is 0.0192. The van der Waals surface area contributed by atoms with E-state index >= 15 is 0 Å². The summed E-state index contributed by atoms with van der Waals surface area (Å²) in [4.78, 5) is 36.7. The number of nitro benzene ring substituents is 1. The Morgan fingerprint density at radius 3 is 2.65 bits per heavy atom. The van der Waals surface area contributed by atoms with Crippen LogP contribution in [0.2, 0.25) is 0 Å². The van der Waals surface area contributed by atoms with Crippen molar-refractivity contribution in [2.75, 3.05) is 18.4 Å². The summed E-state index contributed by atoms with van der Waals surface area (Å²) in [5, 5.41) is 16.2. The number of carbonyl (C=O) groups excluding carboxylic acids is 1. The molecule has 0 aliphatic heterocycles. The number of hydrogen-bond acceptors (Lipinski definition) is 6. The first-order valence-corrected chi connectivity index (χ1v) is 6.83. The minimum Gasteiger partial charge on any atom is -0.383 e. The largest absolute Gasteiger partial charge is 0.383 e. The van der Waals surface area contributed by atoms with Crippen LogP contribution in [-0.2, 0) is 11.3 Å². The zero-order valence-corrected chi connectivity index (χ0v) is 12.1. The van der Waals surface area contributed by atoms with Gasteiger partial charge in [0.2, 0.25) is 5.91 Å². The second kappa shape index (κ2) is 7.69. The Morgan fingerprint density at radius 1 is 1.26 bits per heavy atom. The molecule has 2 aromatic rings. The molecule has 0 saturated carbocycles. The number of amides is 1. The van der Waals surface area contributed by atoms with Crippen molar-refractivity contribution < 1.29 is 9.72 Å². The van der Waals surface area contributed by atoms with Crippen LogP contribution in [0.15, 0.2) is 47.5 Å². The Kier molecular flexibility index (Phi) is 5.40. The molecule has 9 nitrogen and oxygen atoms in total. The summed E-state index contributed by atoms with van der Waals surface area (Å²) >= 11 is 0. The molecule has 1 heterocycles. The van der Waals surface area contributed by atoms with Crippen molar-refractivity contribution in [2.45, 2.75) is 6.54 Å². The van der Waals surface area contributed by atoms with Crippen LogP contribution >= 0.6 is 0 Å². The standard InChI is InChI=1S/C14H15N5O4/c20-13(10-18-9-1-6-17-14(18)21)16-8-7-15-11-2-4-12(5-3-11)19(22)23/h1-6,9,15H,7-8,10H2,(H,16,20). The maximum absolute atomic E-state index is 11.7. The van der Waals surface area contributed by atoms with E-state index in [1.165, 1.54) is 29.1 Å². The quantitative estimate of drug-likeness (QED) is 0.433. The average molecular weight is 317 g/mol. The van der Waals surface area contributed by atoms with Gasteiger partial charge in [-0.1, -0.05) is 0 Å². The lowest BCUT2D eigenvalue weighted by molar-refractivity contribution is -0.384. The first kappa shape index (κ1) is 16.1. The maximum Gasteiger partial charge on any atom is 0.347 e. The third-order valence-electron chi connectivity index (χ3n) is 2.95. The third kappa shape index (κ3) is 4.92. The van der Waals surface area contributed by atoms with Crippen LogP contribution in [0.3, 0.4) is 0 Å². The summed E-state index contributed by atoms with van der Waals surface area (Å²) in [6.07, 6.45) is 2.86. The van der Waals surface area contributed by atoms with Gasteiger partial charge >= 0.3 is 5.69 Å². The van der Waals surface area contributed by atoms with E-state index in [0.717, 1.165) is 0 Å². The van der Waals surface area contributed by atoms with Gasteiger partial charge in [-0.25, -0.2) is 9.78 Å². The Morgan fingerprint density at radius 2 is 2.00 bits per heavy atom. The third-order valence-corrected chi connectivity index (χ3v) is 2.95. The number of aromatic nitrogens is 2. The minimum atomic E-state index is -0.480. The second-order valence-electron chi connectivity index (χ2n) is 4.61. The van der Waals surface area contributed by atoms with E-state index in [2.05, 4.69) is 15.6 Å². The van der Waals surface area contributed by atoms with E-state index in [1.54, 1.807) is 18.2 Å². The van der Waals surface area contributed by atoms with Gasteiger partial charge in [0.05, 0.1) is 4.92 Å². The molecule has 1 aromatic heterocycles. The van der Waals surface area contributed by atoms with Gasteiger partial charge in [-0.15, -0.1) is 0 Å². The molecule has 0 unspecified atom stereocenters. The summed E-state index contributed by atoms with van der Waals surface area (Å²) in [5.41, 5.74) is 0.255. The van der Waals surface area contributed by atoms with Crippen molar-refractivity contribution in [3.63, 3.8) is 0 Å². The molecule has 0 spiro atoms. The van der Waals surface area contributed by atoms with E-state index in [-0.39, 0.29) is 18.1 Å². The van der Waals surface area contributed by atoms with Crippen molar-refractivity contribution in [3.05, 3.63) is 63.3 Å². The maximum atomic E-state index is 11.7. The fourth-order valence-corrected chi connectivity index (χ4v) is 1.83. The van der Waals surface area contributed by atoms with Gasteiger partial charge in [0, 0.05) is 43.3 Å². The summed E-state index contributed by atoms with van der Waals surface area (Å²) in [5.74, 6) is -0.300. The molecular weight excluding hydrogens is 302 g/mol. The zero-order chi connectivity index (χ0) is 16.7. The molecule has 120 valence electrons. The molecule has 0 bridgehead atoms. The predicted molar refractivity (Wildman–Crippen MR) is 83.1 cm³/mol. The van der Waals surface area contributed by atoms with E-state index in [0.29, 0.717) is 18.8 Å². The van der Waals surface area contributed by atoms with Gasteiger partial charge in [-0.2, -0.15) is 0 Å². The summed E-state index contributed by atoms with van der Waals surface area (Å²) < 4.78 is 1.21. The number of rotatable bonds is 7. The Bertz CT molecular complexity index is 741. The highest BCUT2D eigenvalue weighted by Crippen LogP contribution is 2.14. The molecule has 23 heavy (non-hydrogen) atoms. The van der Waals surface area contributed by atoms with Crippen LogP contribution in [-0.4, -0.2) is 33.5 Å². The van der Waals surface area contributed by atoms with E-state index < -0.39 is 10.6 Å². The molecule has 0 fully saturated rings. The lowest BCUT2D eigenvalue weighted by atomic mass is 10.3. The highest BCUT2D eigenvalue weighted by molar-refractivity contribution is 5.75. The van der Waals surface area contributed by atoms with Crippen LogP contribution in [0.1, 0.15) is 0 Å². The van der Waals surface area contributed by atoms with Crippen LogP contribution in [0.4, 0.5) is 11.4 Å². The molecule has 0 radical (unpaired) electrons. The molecule has 1 aromatic carbocycles. The van der Waals surface area contributed by atoms with Crippen molar-refractivity contribution in [1.82, 2.24) is 14.9 Å². The van der Waals surface area contributed by atoms with Crippen LogP contribution in [0, 0.1) is 10.1 Å². The molecular formula is C14H15N5O4. The van der Waals surface area contributed by atoms with Gasteiger partial charge in [0.15, 0.2) is 0 Å². The normalized spacial score (nSPS) is 10.1. The van der Waals surface area contributed by atoms with E-state index in [1.807, 2.05) is 0 Å². The van der Waals surface area contributed by atoms with E-state index in [9.17, 15) is 19.7 Å². The highest BCUT2D eigenvalue weighted by Gasteiger charge is 2.05. The molecule has 9 heteroatoms. The van der Waals surface area contributed by atoms with Gasteiger partial charge in [0.25, 0.3) is 5.69 Å². The zero-order valence-electron chi connectivity index (χ0n) is 12.1. The predicted octanol–water partition coefficient (Wildman–Crippen LogP) is 0.380. The van der Waals surface area contributed by atoms with Gasteiger partial charge < -0.3 is 10.6 Å². The van der Waals surface area contributed by atoms with Gasteiger partial charge in [-0.05, 0) is 18.2 Å². The fraction of sp³-hybridized carbons (Fsp3) is 0.214.